The van der Waals surface area contributed by atoms with E-state index in [9.17, 15) is 18.0 Å². The van der Waals surface area contributed by atoms with Crippen molar-refractivity contribution in [2.75, 3.05) is 24.2 Å². The van der Waals surface area contributed by atoms with Crippen LogP contribution in [0.25, 0.3) is 0 Å². The minimum atomic E-state index is -3.53. The Hall–Kier alpha value is -2.29. The van der Waals surface area contributed by atoms with Crippen molar-refractivity contribution in [1.29, 1.82) is 0 Å². The maximum absolute atomic E-state index is 13.3. The summed E-state index contributed by atoms with van der Waals surface area (Å²) in [5, 5.41) is 3.38. The minimum absolute atomic E-state index is 0.0773. The Kier molecular flexibility index (Phi) is 10.9. The van der Waals surface area contributed by atoms with Crippen LogP contribution in [0.15, 0.2) is 42.5 Å². The number of carbonyl (C=O) groups is 2. The number of aryl methyl sites for hydroxylation is 1. The first-order valence-corrected chi connectivity index (χ1v) is 14.1. The lowest BCUT2D eigenvalue weighted by Gasteiger charge is -2.31. The molecule has 0 saturated carbocycles. The number of rotatable bonds is 12. The average Bonchev–Trinajstić information content (AvgIpc) is 2.82. The molecule has 0 radical (unpaired) electrons. The van der Waals surface area contributed by atoms with Gasteiger partial charge in [0.1, 0.15) is 6.04 Å². The molecule has 35 heavy (non-hydrogen) atoms. The van der Waals surface area contributed by atoms with E-state index in [0.717, 1.165) is 23.8 Å². The summed E-state index contributed by atoms with van der Waals surface area (Å²) in [6, 6.07) is 11.8. The standard InChI is InChI=1S/C25H33Cl2N3O4S/c1-5-18-9-12-20(13-10-18)30(35(4,33)34)15-7-8-24(31)29(23(6-2)25(32)28-3)17-19-11-14-21(26)22(27)16-19/h9-14,16,23H,5-8,15,17H2,1-4H3,(H,28,32)/t23-/m1/s1. The monoisotopic (exact) mass is 541 g/mol. The Morgan fingerprint density at radius 3 is 2.14 bits per heavy atom. The fourth-order valence-electron chi connectivity index (χ4n) is 3.82. The summed E-state index contributed by atoms with van der Waals surface area (Å²) >= 11 is 12.2. The third kappa shape index (κ3) is 8.12. The summed E-state index contributed by atoms with van der Waals surface area (Å²) in [4.78, 5) is 27.3. The fourth-order valence-corrected chi connectivity index (χ4v) is 5.11. The van der Waals surface area contributed by atoms with Crippen LogP contribution < -0.4 is 9.62 Å². The van der Waals surface area contributed by atoms with Gasteiger partial charge in [-0.1, -0.05) is 55.2 Å². The van der Waals surface area contributed by atoms with Crippen molar-refractivity contribution in [3.63, 3.8) is 0 Å². The molecule has 0 aliphatic carbocycles. The highest BCUT2D eigenvalue weighted by Crippen LogP contribution is 2.25. The molecule has 0 spiro atoms. The zero-order valence-corrected chi connectivity index (χ0v) is 22.9. The van der Waals surface area contributed by atoms with Crippen molar-refractivity contribution in [1.82, 2.24) is 10.2 Å². The Labute approximate surface area is 218 Å². The molecule has 0 aliphatic rings. The van der Waals surface area contributed by atoms with Gasteiger partial charge in [0.15, 0.2) is 0 Å². The van der Waals surface area contributed by atoms with E-state index in [1.807, 2.05) is 26.0 Å². The Morgan fingerprint density at radius 2 is 1.63 bits per heavy atom. The molecule has 0 fully saturated rings. The normalized spacial score (nSPS) is 12.2. The number of carbonyl (C=O) groups excluding carboxylic acids is 2. The Morgan fingerprint density at radius 1 is 1.00 bits per heavy atom. The van der Waals surface area contributed by atoms with E-state index in [0.29, 0.717) is 28.6 Å². The van der Waals surface area contributed by atoms with Gasteiger partial charge in [0.2, 0.25) is 21.8 Å². The Bertz CT molecular complexity index is 1120. The third-order valence-corrected chi connectivity index (χ3v) is 7.69. The lowest BCUT2D eigenvalue weighted by molar-refractivity contribution is -0.141. The van der Waals surface area contributed by atoms with E-state index in [4.69, 9.17) is 23.2 Å². The van der Waals surface area contributed by atoms with Crippen LogP contribution >= 0.6 is 23.2 Å². The molecule has 192 valence electrons. The first-order chi connectivity index (χ1) is 16.5. The number of likely N-dealkylation sites (N-methyl/N-ethyl adjacent to an activating group) is 1. The zero-order chi connectivity index (χ0) is 26.2. The number of nitrogens with zero attached hydrogens (tertiary/aromatic N) is 2. The van der Waals surface area contributed by atoms with Gasteiger partial charge in [-0.2, -0.15) is 0 Å². The molecule has 0 saturated heterocycles. The van der Waals surface area contributed by atoms with Gasteiger partial charge in [-0.25, -0.2) is 8.42 Å². The lowest BCUT2D eigenvalue weighted by atomic mass is 10.1. The van der Waals surface area contributed by atoms with Crippen LogP contribution in [-0.4, -0.2) is 51.0 Å². The summed E-state index contributed by atoms with van der Waals surface area (Å²) in [7, 11) is -2.01. The first-order valence-electron chi connectivity index (χ1n) is 11.5. The highest BCUT2D eigenvalue weighted by Gasteiger charge is 2.28. The summed E-state index contributed by atoms with van der Waals surface area (Å²) in [6.45, 7) is 4.19. The predicted molar refractivity (Wildman–Crippen MR) is 142 cm³/mol. The van der Waals surface area contributed by atoms with Gasteiger partial charge in [0.25, 0.3) is 0 Å². The summed E-state index contributed by atoms with van der Waals surface area (Å²) in [5.41, 5.74) is 2.40. The number of halogens is 2. The average molecular weight is 543 g/mol. The van der Waals surface area contributed by atoms with Crippen LogP contribution in [0.1, 0.15) is 44.2 Å². The molecule has 0 bridgehead atoms. The summed E-state index contributed by atoms with van der Waals surface area (Å²) in [5.74, 6) is -0.518. The number of hydrogen-bond donors (Lipinski definition) is 1. The van der Waals surface area contributed by atoms with Crippen LogP contribution in [0.5, 0.6) is 0 Å². The van der Waals surface area contributed by atoms with Gasteiger partial charge in [0, 0.05) is 26.6 Å². The predicted octanol–water partition coefficient (Wildman–Crippen LogP) is 4.66. The topological polar surface area (TPSA) is 86.8 Å². The second kappa shape index (κ2) is 13.1. The number of sulfonamides is 1. The lowest BCUT2D eigenvalue weighted by Crippen LogP contribution is -2.48. The van der Waals surface area contributed by atoms with Gasteiger partial charge in [-0.05, 0) is 54.7 Å². The number of amides is 2. The van der Waals surface area contributed by atoms with Crippen molar-refractivity contribution < 1.29 is 18.0 Å². The minimum Gasteiger partial charge on any atom is -0.357 e. The molecule has 2 aromatic carbocycles. The Balaban J connectivity index is 2.20. The van der Waals surface area contributed by atoms with Crippen LogP contribution in [0.2, 0.25) is 10.0 Å². The van der Waals surface area contributed by atoms with E-state index in [1.54, 1.807) is 30.3 Å². The summed E-state index contributed by atoms with van der Waals surface area (Å²) in [6.07, 6.45) is 2.80. The van der Waals surface area contributed by atoms with Gasteiger partial charge >= 0.3 is 0 Å². The van der Waals surface area contributed by atoms with Gasteiger partial charge in [-0.3, -0.25) is 13.9 Å². The molecular formula is C25H33Cl2N3O4S. The van der Waals surface area contributed by atoms with Crippen LogP contribution in [0, 0.1) is 0 Å². The van der Waals surface area contributed by atoms with Crippen molar-refractivity contribution in [2.45, 2.75) is 52.1 Å². The molecule has 1 N–H and O–H groups in total. The summed E-state index contributed by atoms with van der Waals surface area (Å²) < 4.78 is 26.2. The molecular weight excluding hydrogens is 509 g/mol. The van der Waals surface area contributed by atoms with Crippen LogP contribution in [0.3, 0.4) is 0 Å². The number of hydrogen-bond acceptors (Lipinski definition) is 4. The third-order valence-electron chi connectivity index (χ3n) is 5.75. The largest absolute Gasteiger partial charge is 0.357 e. The van der Waals surface area contributed by atoms with E-state index in [1.165, 1.54) is 16.3 Å². The molecule has 2 aromatic rings. The quantitative estimate of drug-likeness (QED) is 0.423. The van der Waals surface area contributed by atoms with Gasteiger partial charge < -0.3 is 10.2 Å². The molecule has 10 heteroatoms. The van der Waals surface area contributed by atoms with Gasteiger partial charge in [0.05, 0.1) is 22.0 Å². The van der Waals surface area contributed by atoms with Crippen molar-refractivity contribution in [3.05, 3.63) is 63.6 Å². The molecule has 0 aromatic heterocycles. The molecule has 2 amide bonds. The van der Waals surface area contributed by atoms with E-state index < -0.39 is 16.1 Å². The first kappa shape index (κ1) is 28.9. The van der Waals surface area contributed by atoms with E-state index >= 15 is 0 Å². The molecule has 2 rings (SSSR count). The molecule has 7 nitrogen and oxygen atoms in total. The molecule has 0 unspecified atom stereocenters. The molecule has 0 aliphatic heterocycles. The van der Waals surface area contributed by atoms with Crippen molar-refractivity contribution >= 4 is 50.7 Å². The number of benzene rings is 2. The van der Waals surface area contributed by atoms with E-state index in [-0.39, 0.29) is 31.3 Å². The maximum atomic E-state index is 13.3. The maximum Gasteiger partial charge on any atom is 0.242 e. The second-order valence-electron chi connectivity index (χ2n) is 8.27. The fraction of sp³-hybridized carbons (Fsp3) is 0.440. The molecule has 0 heterocycles. The van der Waals surface area contributed by atoms with E-state index in [2.05, 4.69) is 5.32 Å². The van der Waals surface area contributed by atoms with Crippen molar-refractivity contribution in [2.24, 2.45) is 0 Å². The zero-order valence-electron chi connectivity index (χ0n) is 20.6. The number of anilines is 1. The second-order valence-corrected chi connectivity index (χ2v) is 11.0. The highest BCUT2D eigenvalue weighted by molar-refractivity contribution is 7.92. The smallest absolute Gasteiger partial charge is 0.242 e. The highest BCUT2D eigenvalue weighted by atomic mass is 35.5. The van der Waals surface area contributed by atoms with Crippen LogP contribution in [-0.2, 0) is 32.6 Å². The number of nitrogens with one attached hydrogen (secondary N) is 1. The SMILES string of the molecule is CCc1ccc(N(CCCC(=O)N(Cc2ccc(Cl)c(Cl)c2)[C@H](CC)C(=O)NC)S(C)(=O)=O)cc1. The molecule has 1 atom stereocenters. The van der Waals surface area contributed by atoms with Gasteiger partial charge in [-0.15, -0.1) is 0 Å². The van der Waals surface area contributed by atoms with Crippen LogP contribution in [0.4, 0.5) is 5.69 Å². The van der Waals surface area contributed by atoms with Crippen molar-refractivity contribution in [3.8, 4) is 0 Å².